The van der Waals surface area contributed by atoms with Crippen molar-refractivity contribution in [3.63, 3.8) is 0 Å². The first kappa shape index (κ1) is 9.72. The number of aldehydes is 1. The Morgan fingerprint density at radius 3 is 2.54 bits per heavy atom. The summed E-state index contributed by atoms with van der Waals surface area (Å²) in [4.78, 5) is 20.8. The molecule has 0 spiro atoms. The van der Waals surface area contributed by atoms with E-state index in [0.717, 1.165) is 11.5 Å². The van der Waals surface area contributed by atoms with Crippen LogP contribution in [0.15, 0.2) is 11.5 Å². The van der Waals surface area contributed by atoms with Crippen LogP contribution in [-0.4, -0.2) is 32.2 Å². The number of nitrogens with two attached hydrogens (primary N) is 1. The van der Waals surface area contributed by atoms with Gasteiger partial charge in [0, 0.05) is 5.41 Å². The second kappa shape index (κ2) is 2.84. The van der Waals surface area contributed by atoms with Gasteiger partial charge in [0.15, 0.2) is 16.1 Å². The zero-order valence-electron chi connectivity index (χ0n) is 6.47. The van der Waals surface area contributed by atoms with Gasteiger partial charge in [-0.3, -0.25) is 4.79 Å². The summed E-state index contributed by atoms with van der Waals surface area (Å²) in [6, 6.07) is 0. The van der Waals surface area contributed by atoms with Crippen molar-refractivity contribution in [1.29, 1.82) is 0 Å². The van der Waals surface area contributed by atoms with Gasteiger partial charge in [-0.05, 0) is 6.08 Å². The maximum Gasteiger partial charge on any atom is 0.405 e. The highest BCUT2D eigenvalue weighted by molar-refractivity contribution is 7.94. The third-order valence-corrected chi connectivity index (χ3v) is 2.88. The SMILES string of the molecule is NC(=O)OC1(C=O)C=CS(=O)(=O)C1. The molecule has 1 unspecified atom stereocenters. The predicted molar refractivity (Wildman–Crippen MR) is 42.4 cm³/mol. The largest absolute Gasteiger partial charge is 0.430 e. The number of primary amides is 1. The summed E-state index contributed by atoms with van der Waals surface area (Å²) < 4.78 is 26.2. The van der Waals surface area contributed by atoms with Crippen LogP contribution in [0.4, 0.5) is 4.79 Å². The molecule has 1 rings (SSSR count). The topological polar surface area (TPSA) is 104 Å². The fraction of sp³-hybridized carbons (Fsp3) is 0.333. The lowest BCUT2D eigenvalue weighted by Gasteiger charge is -2.17. The van der Waals surface area contributed by atoms with E-state index in [0.29, 0.717) is 0 Å². The maximum absolute atomic E-state index is 10.9. The van der Waals surface area contributed by atoms with Gasteiger partial charge in [-0.25, -0.2) is 13.2 Å². The number of hydrogen-bond donors (Lipinski definition) is 1. The Morgan fingerprint density at radius 2 is 2.23 bits per heavy atom. The van der Waals surface area contributed by atoms with E-state index >= 15 is 0 Å². The first-order chi connectivity index (χ1) is 5.89. The third-order valence-electron chi connectivity index (χ3n) is 1.47. The summed E-state index contributed by atoms with van der Waals surface area (Å²) in [7, 11) is -3.46. The van der Waals surface area contributed by atoms with E-state index in [9.17, 15) is 18.0 Å². The molecule has 0 aromatic heterocycles. The third kappa shape index (κ3) is 2.05. The van der Waals surface area contributed by atoms with Crippen LogP contribution in [0.25, 0.3) is 0 Å². The van der Waals surface area contributed by atoms with Crippen molar-refractivity contribution in [2.24, 2.45) is 5.73 Å². The number of carbonyl (C=O) groups excluding carboxylic acids is 2. The van der Waals surface area contributed by atoms with Gasteiger partial charge in [0.1, 0.15) is 5.75 Å². The van der Waals surface area contributed by atoms with E-state index in [1.54, 1.807) is 0 Å². The van der Waals surface area contributed by atoms with Crippen LogP contribution in [0.3, 0.4) is 0 Å². The van der Waals surface area contributed by atoms with Crippen LogP contribution >= 0.6 is 0 Å². The Morgan fingerprint density at radius 1 is 1.62 bits per heavy atom. The van der Waals surface area contributed by atoms with Gasteiger partial charge in [-0.1, -0.05) is 0 Å². The van der Waals surface area contributed by atoms with Crippen molar-refractivity contribution < 1.29 is 22.7 Å². The fourth-order valence-electron chi connectivity index (χ4n) is 0.978. The lowest BCUT2D eigenvalue weighted by Crippen LogP contribution is -2.39. The molecule has 1 heterocycles. The zero-order chi connectivity index (χ0) is 10.1. The van der Waals surface area contributed by atoms with Gasteiger partial charge in [0.2, 0.25) is 5.60 Å². The predicted octanol–water partition coefficient (Wildman–Crippen LogP) is -1.04. The first-order valence-corrected chi connectivity index (χ1v) is 4.97. The maximum atomic E-state index is 10.9. The summed E-state index contributed by atoms with van der Waals surface area (Å²) in [6.45, 7) is 0. The highest BCUT2D eigenvalue weighted by atomic mass is 32.2. The summed E-state index contributed by atoms with van der Waals surface area (Å²) in [5.74, 6) is -0.577. The molecule has 6 nitrogen and oxygen atoms in total. The van der Waals surface area contributed by atoms with Crippen LogP contribution in [0, 0.1) is 0 Å². The highest BCUT2D eigenvalue weighted by Crippen LogP contribution is 2.21. The molecule has 0 aromatic rings. The van der Waals surface area contributed by atoms with Crippen LogP contribution in [0.2, 0.25) is 0 Å². The smallest absolute Gasteiger partial charge is 0.405 e. The molecule has 72 valence electrons. The molecule has 1 atom stereocenters. The molecule has 7 heteroatoms. The average molecular weight is 205 g/mol. The van der Waals surface area contributed by atoms with Gasteiger partial charge in [-0.2, -0.15) is 0 Å². The molecule has 1 aliphatic heterocycles. The van der Waals surface area contributed by atoms with Crippen LogP contribution < -0.4 is 5.73 Å². The second-order valence-electron chi connectivity index (χ2n) is 2.60. The molecule has 0 fully saturated rings. The lowest BCUT2D eigenvalue weighted by atomic mass is 10.1. The minimum atomic E-state index is -3.46. The van der Waals surface area contributed by atoms with Crippen molar-refractivity contribution in [3.8, 4) is 0 Å². The van der Waals surface area contributed by atoms with Crippen molar-refractivity contribution in [2.45, 2.75) is 5.60 Å². The standard InChI is InChI=1S/C6H7NO5S/c7-5(9)12-6(3-8)1-2-13(10,11)4-6/h1-3H,4H2,(H2,7,9). The number of amides is 1. The molecule has 1 amide bonds. The Balaban J connectivity index is 2.94. The number of carbonyl (C=O) groups is 2. The van der Waals surface area contributed by atoms with Crippen molar-refractivity contribution >= 4 is 22.2 Å². The number of hydrogen-bond acceptors (Lipinski definition) is 5. The molecule has 0 saturated heterocycles. The second-order valence-corrected chi connectivity index (χ2v) is 4.49. The minimum Gasteiger partial charge on any atom is -0.430 e. The van der Waals surface area contributed by atoms with Crippen LogP contribution in [0.1, 0.15) is 0 Å². The van der Waals surface area contributed by atoms with Gasteiger partial charge in [0.05, 0.1) is 0 Å². The number of ether oxygens (including phenoxy) is 1. The monoisotopic (exact) mass is 205 g/mol. The lowest BCUT2D eigenvalue weighted by molar-refractivity contribution is -0.118. The quantitative estimate of drug-likeness (QED) is 0.580. The molecule has 0 radical (unpaired) electrons. The van der Waals surface area contributed by atoms with E-state index in [1.165, 1.54) is 0 Å². The minimum absolute atomic E-state index is 0.235. The van der Waals surface area contributed by atoms with E-state index in [4.69, 9.17) is 0 Å². The van der Waals surface area contributed by atoms with E-state index < -0.39 is 27.3 Å². The normalized spacial score (nSPS) is 29.8. The first-order valence-electron chi connectivity index (χ1n) is 3.26. The Kier molecular flexibility index (Phi) is 2.12. The van der Waals surface area contributed by atoms with Crippen LogP contribution in [0.5, 0.6) is 0 Å². The molecule has 1 aliphatic rings. The van der Waals surface area contributed by atoms with Crippen molar-refractivity contribution in [2.75, 3.05) is 5.75 Å². The summed E-state index contributed by atoms with van der Waals surface area (Å²) >= 11 is 0. The molecular weight excluding hydrogens is 198 g/mol. The Bertz CT molecular complexity index is 370. The van der Waals surface area contributed by atoms with Gasteiger partial charge in [-0.15, -0.1) is 0 Å². The molecule has 0 bridgehead atoms. The van der Waals surface area contributed by atoms with Gasteiger partial charge < -0.3 is 10.5 Å². The molecule has 13 heavy (non-hydrogen) atoms. The molecule has 0 aromatic carbocycles. The van der Waals surface area contributed by atoms with Gasteiger partial charge >= 0.3 is 6.09 Å². The Hall–Kier alpha value is -1.37. The summed E-state index contributed by atoms with van der Waals surface area (Å²) in [5, 5.41) is 0.824. The van der Waals surface area contributed by atoms with E-state index in [1.807, 2.05) is 0 Å². The molecule has 2 N–H and O–H groups in total. The highest BCUT2D eigenvalue weighted by Gasteiger charge is 2.40. The average Bonchev–Trinajstić information content (AvgIpc) is 2.26. The zero-order valence-corrected chi connectivity index (χ0v) is 7.28. The van der Waals surface area contributed by atoms with Crippen LogP contribution in [-0.2, 0) is 19.4 Å². The van der Waals surface area contributed by atoms with E-state index in [2.05, 4.69) is 10.5 Å². The van der Waals surface area contributed by atoms with Crippen molar-refractivity contribution in [3.05, 3.63) is 11.5 Å². The summed E-state index contributed by atoms with van der Waals surface area (Å²) in [6.07, 6.45) is 0.0488. The van der Waals surface area contributed by atoms with Gasteiger partial charge in [0.25, 0.3) is 0 Å². The fourth-order valence-corrected chi connectivity index (χ4v) is 2.36. The molecular formula is C6H7NO5S. The molecule has 0 aliphatic carbocycles. The van der Waals surface area contributed by atoms with Crippen molar-refractivity contribution in [1.82, 2.24) is 0 Å². The summed E-state index contributed by atoms with van der Waals surface area (Å²) in [5.41, 5.74) is 2.94. The Labute approximate surface area is 74.3 Å². The number of rotatable bonds is 2. The van der Waals surface area contributed by atoms with E-state index in [-0.39, 0.29) is 6.29 Å². The number of sulfone groups is 1. The molecule has 0 saturated carbocycles.